The van der Waals surface area contributed by atoms with Crippen LogP contribution in [0.4, 0.5) is 11.4 Å². The van der Waals surface area contributed by atoms with Crippen molar-refractivity contribution in [2.45, 2.75) is 27.2 Å². The molecule has 0 bridgehead atoms. The summed E-state index contributed by atoms with van der Waals surface area (Å²) in [4.78, 5) is 25.0. The SMILES string of the molecule is CCc1cccc(C)c1NC(=O)c1ccc(C)c(NC(=O)c2ccco2)c1. The number of hydrogen-bond donors (Lipinski definition) is 2. The number of nitrogens with one attached hydrogen (secondary N) is 2. The highest BCUT2D eigenvalue weighted by molar-refractivity contribution is 6.07. The van der Waals surface area contributed by atoms with Crippen LogP contribution < -0.4 is 10.6 Å². The Balaban J connectivity index is 1.83. The molecular formula is C22H22N2O3. The molecule has 3 rings (SSSR count). The summed E-state index contributed by atoms with van der Waals surface area (Å²) in [6.45, 7) is 5.90. The predicted octanol–water partition coefficient (Wildman–Crippen LogP) is 4.96. The van der Waals surface area contributed by atoms with Crippen LogP contribution in [0.3, 0.4) is 0 Å². The molecule has 0 saturated heterocycles. The van der Waals surface area contributed by atoms with Crippen LogP contribution in [0.5, 0.6) is 0 Å². The number of carbonyl (C=O) groups is 2. The standard InChI is InChI=1S/C22H22N2O3/c1-4-16-8-5-7-15(3)20(16)24-21(25)17-11-10-14(2)18(13-17)23-22(26)19-9-6-12-27-19/h5-13H,4H2,1-3H3,(H,23,26)(H,24,25). The molecule has 5 nitrogen and oxygen atoms in total. The number of furan rings is 1. The molecule has 138 valence electrons. The molecule has 0 radical (unpaired) electrons. The van der Waals surface area contributed by atoms with Gasteiger partial charge in [0, 0.05) is 16.9 Å². The molecule has 5 heteroatoms. The third kappa shape index (κ3) is 4.08. The van der Waals surface area contributed by atoms with Gasteiger partial charge in [-0.05, 0) is 61.2 Å². The van der Waals surface area contributed by atoms with E-state index < -0.39 is 0 Å². The minimum atomic E-state index is -0.354. The van der Waals surface area contributed by atoms with Gasteiger partial charge in [-0.25, -0.2) is 0 Å². The molecule has 0 aliphatic heterocycles. The Hall–Kier alpha value is -3.34. The first kappa shape index (κ1) is 18.5. The smallest absolute Gasteiger partial charge is 0.291 e. The molecule has 0 saturated carbocycles. The quantitative estimate of drug-likeness (QED) is 0.673. The maximum Gasteiger partial charge on any atom is 0.291 e. The fourth-order valence-corrected chi connectivity index (χ4v) is 2.88. The first-order chi connectivity index (χ1) is 13.0. The summed E-state index contributed by atoms with van der Waals surface area (Å²) in [7, 11) is 0. The van der Waals surface area contributed by atoms with Crippen LogP contribution in [-0.2, 0) is 6.42 Å². The van der Waals surface area contributed by atoms with E-state index in [4.69, 9.17) is 4.42 Å². The molecule has 0 fully saturated rings. The summed E-state index contributed by atoms with van der Waals surface area (Å²) < 4.78 is 5.11. The minimum absolute atomic E-state index is 0.215. The number of hydrogen-bond acceptors (Lipinski definition) is 3. The molecule has 3 aromatic rings. The van der Waals surface area contributed by atoms with Crippen molar-refractivity contribution in [1.29, 1.82) is 0 Å². The van der Waals surface area contributed by atoms with Crippen molar-refractivity contribution in [3.8, 4) is 0 Å². The molecule has 1 aromatic heterocycles. The number of carbonyl (C=O) groups excluding carboxylic acids is 2. The largest absolute Gasteiger partial charge is 0.459 e. The van der Waals surface area contributed by atoms with Crippen molar-refractivity contribution in [2.75, 3.05) is 10.6 Å². The van der Waals surface area contributed by atoms with Crippen LogP contribution in [0.1, 0.15) is 44.5 Å². The monoisotopic (exact) mass is 362 g/mol. The molecule has 0 aliphatic rings. The van der Waals surface area contributed by atoms with Crippen LogP contribution in [0.25, 0.3) is 0 Å². The Morgan fingerprint density at radius 1 is 0.926 bits per heavy atom. The third-order valence-electron chi connectivity index (χ3n) is 4.47. The van der Waals surface area contributed by atoms with Crippen LogP contribution in [0.15, 0.2) is 59.2 Å². The Bertz CT molecular complexity index is 975. The Kier molecular flexibility index (Phi) is 5.41. The molecule has 0 atom stereocenters. The van der Waals surface area contributed by atoms with Crippen molar-refractivity contribution >= 4 is 23.2 Å². The molecule has 0 unspecified atom stereocenters. The van der Waals surface area contributed by atoms with E-state index in [0.717, 1.165) is 28.8 Å². The Morgan fingerprint density at radius 3 is 2.44 bits per heavy atom. The second-order valence-electron chi connectivity index (χ2n) is 6.38. The lowest BCUT2D eigenvalue weighted by Crippen LogP contribution is -2.16. The normalized spacial score (nSPS) is 10.5. The lowest BCUT2D eigenvalue weighted by molar-refractivity contribution is 0.0993. The Labute approximate surface area is 158 Å². The summed E-state index contributed by atoms with van der Waals surface area (Å²) in [6.07, 6.45) is 2.27. The van der Waals surface area contributed by atoms with E-state index in [0.29, 0.717) is 11.3 Å². The van der Waals surface area contributed by atoms with Crippen molar-refractivity contribution < 1.29 is 14.0 Å². The summed E-state index contributed by atoms with van der Waals surface area (Å²) in [6, 6.07) is 14.4. The van der Waals surface area contributed by atoms with Crippen molar-refractivity contribution in [2.24, 2.45) is 0 Å². The average Bonchev–Trinajstić information content (AvgIpc) is 3.20. The number of para-hydroxylation sites is 1. The molecule has 1 heterocycles. The summed E-state index contributed by atoms with van der Waals surface area (Å²) in [5.41, 5.74) is 4.84. The average molecular weight is 362 g/mol. The van der Waals surface area contributed by atoms with Gasteiger partial charge in [0.1, 0.15) is 0 Å². The predicted molar refractivity (Wildman–Crippen MR) is 106 cm³/mol. The van der Waals surface area contributed by atoms with Gasteiger partial charge in [0.25, 0.3) is 11.8 Å². The highest BCUT2D eigenvalue weighted by Crippen LogP contribution is 2.23. The third-order valence-corrected chi connectivity index (χ3v) is 4.47. The summed E-state index contributed by atoms with van der Waals surface area (Å²) in [5, 5.41) is 5.80. The second kappa shape index (κ2) is 7.91. The fourth-order valence-electron chi connectivity index (χ4n) is 2.88. The minimum Gasteiger partial charge on any atom is -0.459 e. The van der Waals surface area contributed by atoms with Gasteiger partial charge in [-0.2, -0.15) is 0 Å². The first-order valence-electron chi connectivity index (χ1n) is 8.85. The topological polar surface area (TPSA) is 71.3 Å². The lowest BCUT2D eigenvalue weighted by Gasteiger charge is -2.14. The van der Waals surface area contributed by atoms with E-state index in [2.05, 4.69) is 17.6 Å². The summed E-state index contributed by atoms with van der Waals surface area (Å²) in [5.74, 6) is -0.350. The van der Waals surface area contributed by atoms with Crippen molar-refractivity contribution in [3.63, 3.8) is 0 Å². The fraction of sp³-hybridized carbons (Fsp3) is 0.182. The van der Waals surface area contributed by atoms with Gasteiger partial charge in [0.05, 0.1) is 6.26 Å². The van der Waals surface area contributed by atoms with Gasteiger partial charge in [0.2, 0.25) is 0 Å². The van der Waals surface area contributed by atoms with Crippen molar-refractivity contribution in [1.82, 2.24) is 0 Å². The molecule has 2 N–H and O–H groups in total. The lowest BCUT2D eigenvalue weighted by atomic mass is 10.0. The van der Waals surface area contributed by atoms with E-state index in [1.165, 1.54) is 6.26 Å². The highest BCUT2D eigenvalue weighted by atomic mass is 16.3. The van der Waals surface area contributed by atoms with E-state index in [1.54, 1.807) is 24.3 Å². The van der Waals surface area contributed by atoms with Gasteiger partial charge in [-0.15, -0.1) is 0 Å². The highest BCUT2D eigenvalue weighted by Gasteiger charge is 2.14. The van der Waals surface area contributed by atoms with Gasteiger partial charge in [0.15, 0.2) is 5.76 Å². The van der Waals surface area contributed by atoms with Crippen LogP contribution in [0, 0.1) is 13.8 Å². The van der Waals surface area contributed by atoms with Crippen LogP contribution in [0.2, 0.25) is 0 Å². The zero-order valence-corrected chi connectivity index (χ0v) is 15.6. The maximum atomic E-state index is 12.8. The van der Waals surface area contributed by atoms with E-state index >= 15 is 0 Å². The molecule has 2 aromatic carbocycles. The van der Waals surface area contributed by atoms with Gasteiger partial charge >= 0.3 is 0 Å². The molecule has 0 aliphatic carbocycles. The summed E-state index contributed by atoms with van der Waals surface area (Å²) >= 11 is 0. The van der Waals surface area contributed by atoms with Crippen molar-refractivity contribution in [3.05, 3.63) is 82.8 Å². The molecule has 0 spiro atoms. The molecule has 27 heavy (non-hydrogen) atoms. The zero-order valence-electron chi connectivity index (χ0n) is 15.6. The van der Waals surface area contributed by atoms with Crippen LogP contribution >= 0.6 is 0 Å². The van der Waals surface area contributed by atoms with Crippen LogP contribution in [-0.4, -0.2) is 11.8 Å². The zero-order chi connectivity index (χ0) is 19.4. The number of benzene rings is 2. The number of amides is 2. The molecule has 2 amide bonds. The van der Waals surface area contributed by atoms with E-state index in [9.17, 15) is 9.59 Å². The first-order valence-corrected chi connectivity index (χ1v) is 8.85. The Morgan fingerprint density at radius 2 is 1.74 bits per heavy atom. The number of anilines is 2. The van der Waals surface area contributed by atoms with E-state index in [1.807, 2.05) is 38.1 Å². The number of aryl methyl sites for hydroxylation is 3. The van der Waals surface area contributed by atoms with Gasteiger partial charge in [-0.1, -0.05) is 31.2 Å². The number of rotatable bonds is 5. The van der Waals surface area contributed by atoms with Gasteiger partial charge in [-0.3, -0.25) is 9.59 Å². The maximum absolute atomic E-state index is 12.8. The second-order valence-corrected chi connectivity index (χ2v) is 6.38. The van der Waals surface area contributed by atoms with E-state index in [-0.39, 0.29) is 17.6 Å². The van der Waals surface area contributed by atoms with Gasteiger partial charge < -0.3 is 15.1 Å². The molecular weight excluding hydrogens is 340 g/mol.